The van der Waals surface area contributed by atoms with Crippen molar-refractivity contribution in [3.63, 3.8) is 0 Å². The Bertz CT molecular complexity index is 1150. The maximum atomic E-state index is 14.3. The zero-order valence-electron chi connectivity index (χ0n) is 16.1. The topological polar surface area (TPSA) is 91.7 Å². The lowest BCUT2D eigenvalue weighted by atomic mass is 10.1. The molecule has 0 bridgehead atoms. The van der Waals surface area contributed by atoms with Gasteiger partial charge in [-0.25, -0.2) is 9.29 Å². The highest BCUT2D eigenvalue weighted by Crippen LogP contribution is 2.38. The van der Waals surface area contributed by atoms with E-state index in [1.807, 2.05) is 6.07 Å². The first-order chi connectivity index (χ1) is 14.9. The molecule has 0 unspecified atom stereocenters. The number of ether oxygens (including phenoxy) is 2. The molecule has 2 aromatic carbocycles. The van der Waals surface area contributed by atoms with Crippen molar-refractivity contribution in [2.45, 2.75) is 6.92 Å². The van der Waals surface area contributed by atoms with E-state index in [9.17, 15) is 14.0 Å². The van der Waals surface area contributed by atoms with Crippen molar-refractivity contribution in [1.82, 2.24) is 5.32 Å². The Morgan fingerprint density at radius 2 is 2.03 bits per heavy atom. The maximum absolute atomic E-state index is 14.3. The first kappa shape index (κ1) is 22.4. The molecule has 0 radical (unpaired) electrons. The van der Waals surface area contributed by atoms with E-state index in [1.54, 1.807) is 25.1 Å². The maximum Gasteiger partial charge on any atom is 0.270 e. The van der Waals surface area contributed by atoms with Crippen molar-refractivity contribution in [2.24, 2.45) is 0 Å². The van der Waals surface area contributed by atoms with Gasteiger partial charge in [0, 0.05) is 0 Å². The van der Waals surface area contributed by atoms with Gasteiger partial charge in [-0.15, -0.1) is 0 Å². The van der Waals surface area contributed by atoms with Crippen molar-refractivity contribution in [3.05, 3.63) is 57.8 Å². The fraction of sp³-hybridized carbons (Fsp3) is 0.143. The van der Waals surface area contributed by atoms with Crippen LogP contribution in [0.1, 0.15) is 12.5 Å². The van der Waals surface area contributed by atoms with Gasteiger partial charge in [0.25, 0.3) is 11.8 Å². The second kappa shape index (κ2) is 9.68. The van der Waals surface area contributed by atoms with Crippen molar-refractivity contribution in [2.75, 3.05) is 18.1 Å². The third-order valence-corrected chi connectivity index (χ3v) is 4.99. The van der Waals surface area contributed by atoms with E-state index in [1.165, 1.54) is 24.3 Å². The Morgan fingerprint density at radius 1 is 1.29 bits per heavy atom. The van der Waals surface area contributed by atoms with Gasteiger partial charge in [0.05, 0.1) is 16.8 Å². The van der Waals surface area contributed by atoms with Gasteiger partial charge in [-0.05, 0) is 71.0 Å². The number of hydrogen-bond acceptors (Lipinski definition) is 6. The molecule has 0 atom stereocenters. The standard InChI is InChI=1S/C21H15BrFN3O4S/c1-2-29-17-11-12(10-14(22)18(17)30-8-7-24)9-13-19(27)25-21(31)26(20(13)28)16-6-4-3-5-15(16)23/h3-6,9-11H,2,8H2,1H3,(H,25,27,31)/b13-9+. The van der Waals surface area contributed by atoms with Crippen LogP contribution in [-0.2, 0) is 9.59 Å². The first-order valence-corrected chi connectivity index (χ1v) is 10.2. The average molecular weight is 504 g/mol. The summed E-state index contributed by atoms with van der Waals surface area (Å²) in [5.74, 6) is -1.49. The van der Waals surface area contributed by atoms with Crippen molar-refractivity contribution >= 4 is 56.8 Å². The summed E-state index contributed by atoms with van der Waals surface area (Å²) in [5, 5.41) is 11.0. The molecule has 0 aromatic heterocycles. The summed E-state index contributed by atoms with van der Waals surface area (Å²) in [7, 11) is 0. The van der Waals surface area contributed by atoms with Crippen LogP contribution in [0.5, 0.6) is 11.5 Å². The molecule has 1 fully saturated rings. The van der Waals surface area contributed by atoms with Crippen LogP contribution in [0.2, 0.25) is 0 Å². The Hall–Kier alpha value is -3.29. The predicted molar refractivity (Wildman–Crippen MR) is 119 cm³/mol. The summed E-state index contributed by atoms with van der Waals surface area (Å²) in [6.07, 6.45) is 1.34. The SMILES string of the molecule is CCOc1cc(/C=C2\C(=O)NC(=S)N(c3ccccc3F)C2=O)cc(Br)c1OCC#N. The summed E-state index contributed by atoms with van der Waals surface area (Å²) in [6, 6.07) is 10.7. The van der Waals surface area contributed by atoms with Gasteiger partial charge >= 0.3 is 0 Å². The van der Waals surface area contributed by atoms with Crippen molar-refractivity contribution in [3.8, 4) is 17.6 Å². The highest BCUT2D eigenvalue weighted by molar-refractivity contribution is 9.10. The molecule has 10 heteroatoms. The largest absolute Gasteiger partial charge is 0.490 e. The number of hydrogen-bond donors (Lipinski definition) is 1. The number of carbonyl (C=O) groups excluding carboxylic acids is 2. The minimum Gasteiger partial charge on any atom is -0.490 e. The number of nitrogens with zero attached hydrogens (tertiary/aromatic N) is 2. The minimum atomic E-state index is -0.766. The van der Waals surface area contributed by atoms with Crippen LogP contribution in [-0.4, -0.2) is 30.1 Å². The number of nitrogens with one attached hydrogen (secondary N) is 1. The lowest BCUT2D eigenvalue weighted by Gasteiger charge is -2.29. The number of amides is 2. The zero-order chi connectivity index (χ0) is 22.5. The molecule has 3 rings (SSSR count). The van der Waals surface area contributed by atoms with E-state index < -0.39 is 17.6 Å². The molecule has 31 heavy (non-hydrogen) atoms. The number of nitriles is 1. The summed E-state index contributed by atoms with van der Waals surface area (Å²) in [6.45, 7) is 1.91. The molecule has 1 N–H and O–H groups in total. The van der Waals surface area contributed by atoms with E-state index in [0.29, 0.717) is 28.1 Å². The quantitative estimate of drug-likeness (QED) is 0.367. The van der Waals surface area contributed by atoms with Gasteiger partial charge < -0.3 is 9.47 Å². The molecule has 7 nitrogen and oxygen atoms in total. The van der Waals surface area contributed by atoms with Gasteiger partial charge in [-0.3, -0.25) is 14.9 Å². The Morgan fingerprint density at radius 3 is 2.71 bits per heavy atom. The molecule has 1 aliphatic heterocycles. The summed E-state index contributed by atoms with van der Waals surface area (Å²) >= 11 is 8.43. The number of rotatable bonds is 6. The number of carbonyl (C=O) groups is 2. The number of thiocarbonyl (C=S) groups is 1. The normalized spacial score (nSPS) is 15.0. The van der Waals surface area contributed by atoms with E-state index in [2.05, 4.69) is 21.2 Å². The van der Waals surface area contributed by atoms with Gasteiger partial charge in [0.1, 0.15) is 17.5 Å². The first-order valence-electron chi connectivity index (χ1n) is 8.99. The Labute approximate surface area is 191 Å². The number of benzene rings is 2. The molecule has 158 valence electrons. The highest BCUT2D eigenvalue weighted by Gasteiger charge is 2.35. The molecular weight excluding hydrogens is 489 g/mol. The van der Waals surface area contributed by atoms with Gasteiger partial charge in [0.15, 0.2) is 23.2 Å². The fourth-order valence-electron chi connectivity index (χ4n) is 2.85. The van der Waals surface area contributed by atoms with E-state index >= 15 is 0 Å². The van der Waals surface area contributed by atoms with Crippen LogP contribution in [0.4, 0.5) is 10.1 Å². The monoisotopic (exact) mass is 503 g/mol. The predicted octanol–water partition coefficient (Wildman–Crippen LogP) is 3.72. The number of halogens is 2. The molecule has 2 amide bonds. The lowest BCUT2D eigenvalue weighted by molar-refractivity contribution is -0.122. The van der Waals surface area contributed by atoms with Crippen molar-refractivity contribution < 1.29 is 23.5 Å². The molecule has 1 aliphatic rings. The van der Waals surface area contributed by atoms with E-state index in [4.69, 9.17) is 27.0 Å². The Kier molecular flexibility index (Phi) is 6.99. The molecule has 1 heterocycles. The van der Waals surface area contributed by atoms with Crippen LogP contribution >= 0.6 is 28.1 Å². The van der Waals surface area contributed by atoms with Gasteiger partial charge in [-0.2, -0.15) is 5.26 Å². The second-order valence-corrected chi connectivity index (χ2v) is 7.36. The minimum absolute atomic E-state index is 0.0696. The van der Waals surface area contributed by atoms with Crippen LogP contribution < -0.4 is 19.7 Å². The van der Waals surface area contributed by atoms with Crippen LogP contribution in [0.25, 0.3) is 6.08 Å². The van der Waals surface area contributed by atoms with Gasteiger partial charge in [-0.1, -0.05) is 12.1 Å². The van der Waals surface area contributed by atoms with Crippen molar-refractivity contribution in [1.29, 1.82) is 5.26 Å². The lowest BCUT2D eigenvalue weighted by Crippen LogP contribution is -2.54. The molecule has 2 aromatic rings. The van der Waals surface area contributed by atoms with Gasteiger partial charge in [0.2, 0.25) is 0 Å². The molecule has 0 spiro atoms. The Balaban J connectivity index is 2.04. The zero-order valence-corrected chi connectivity index (χ0v) is 18.5. The summed E-state index contributed by atoms with van der Waals surface area (Å²) in [4.78, 5) is 26.5. The second-order valence-electron chi connectivity index (χ2n) is 6.12. The van der Waals surface area contributed by atoms with E-state index in [-0.39, 0.29) is 23.0 Å². The smallest absolute Gasteiger partial charge is 0.270 e. The summed E-state index contributed by atoms with van der Waals surface area (Å²) < 4.78 is 25.7. The third-order valence-electron chi connectivity index (χ3n) is 4.12. The van der Waals surface area contributed by atoms with Crippen LogP contribution in [0.15, 0.2) is 46.4 Å². The molecule has 1 saturated heterocycles. The van der Waals surface area contributed by atoms with Crippen LogP contribution in [0.3, 0.4) is 0 Å². The van der Waals surface area contributed by atoms with E-state index in [0.717, 1.165) is 4.90 Å². The number of para-hydroxylation sites is 1. The fourth-order valence-corrected chi connectivity index (χ4v) is 3.70. The molecule has 0 saturated carbocycles. The number of anilines is 1. The molecular formula is C21H15BrFN3O4S. The van der Waals surface area contributed by atoms with Crippen LogP contribution in [0, 0.1) is 17.1 Å². The highest BCUT2D eigenvalue weighted by atomic mass is 79.9. The summed E-state index contributed by atoms with van der Waals surface area (Å²) in [5.41, 5.74) is 0.135. The third kappa shape index (κ3) is 4.73. The average Bonchev–Trinajstić information content (AvgIpc) is 2.72. The molecule has 0 aliphatic carbocycles.